The van der Waals surface area contributed by atoms with Crippen LogP contribution in [-0.2, 0) is 24.4 Å². The Kier molecular flexibility index (Phi) is 9.48. The van der Waals surface area contributed by atoms with E-state index in [1.54, 1.807) is 24.3 Å². The molecule has 3 fully saturated rings. The van der Waals surface area contributed by atoms with Crippen molar-refractivity contribution in [1.29, 1.82) is 0 Å². The van der Waals surface area contributed by atoms with Crippen molar-refractivity contribution in [3.63, 3.8) is 0 Å². The van der Waals surface area contributed by atoms with Gasteiger partial charge >= 0.3 is 0 Å². The summed E-state index contributed by atoms with van der Waals surface area (Å²) < 4.78 is 29.9. The third-order valence-corrected chi connectivity index (χ3v) is 12.0. The van der Waals surface area contributed by atoms with Crippen molar-refractivity contribution >= 4 is 60.8 Å². The third kappa shape index (κ3) is 6.77. The Balaban J connectivity index is 1.17. The van der Waals surface area contributed by atoms with E-state index in [4.69, 9.17) is 11.6 Å². The van der Waals surface area contributed by atoms with Gasteiger partial charge in [-0.05, 0) is 61.8 Å². The Morgan fingerprint density at radius 2 is 1.88 bits per heavy atom. The van der Waals surface area contributed by atoms with E-state index in [9.17, 15) is 22.8 Å². The maximum absolute atomic E-state index is 13.4. The second kappa shape index (κ2) is 12.8. The minimum absolute atomic E-state index is 0.0326. The standard InChI is InChI=1S/C29H40ClN5O5S2/c1-19(2)28(37)32(3)22-10-13-33(16-22)17-23-6-4-12-35(23)26(36)18-34-11-5-7-24(29(34)38)31-42(39,40)27-15-20-14-21(30)8-9-25(20)41-27/h8-9,14-15,19,22-24,31H,4-7,10-13,16-18H2,1-3H3. The maximum Gasteiger partial charge on any atom is 0.250 e. The molecule has 3 aliphatic rings. The Morgan fingerprint density at radius 3 is 2.64 bits per heavy atom. The van der Waals surface area contributed by atoms with Crippen LogP contribution in [0.3, 0.4) is 0 Å². The highest BCUT2D eigenvalue weighted by Crippen LogP contribution is 2.31. The summed E-state index contributed by atoms with van der Waals surface area (Å²) in [6, 6.07) is 6.11. The van der Waals surface area contributed by atoms with Gasteiger partial charge in [-0.1, -0.05) is 25.4 Å². The number of nitrogens with zero attached hydrogens (tertiary/aromatic N) is 4. The number of fused-ring (bicyclic) bond motifs is 1. The second-order valence-corrected chi connectivity index (χ2v) is 15.5. The number of carbonyl (C=O) groups excluding carboxylic acids is 3. The van der Waals surface area contributed by atoms with Gasteiger partial charge in [-0.25, -0.2) is 8.42 Å². The molecule has 0 bridgehead atoms. The lowest BCUT2D eigenvalue weighted by molar-refractivity contribution is -0.143. The Hall–Kier alpha value is -2.25. The predicted molar refractivity (Wildman–Crippen MR) is 164 cm³/mol. The Morgan fingerprint density at radius 1 is 1.12 bits per heavy atom. The fourth-order valence-electron chi connectivity index (χ4n) is 6.36. The van der Waals surface area contributed by atoms with Gasteiger partial charge in [0.2, 0.25) is 17.7 Å². The number of benzene rings is 1. The van der Waals surface area contributed by atoms with Gasteiger partial charge in [0, 0.05) is 67.5 Å². The quantitative estimate of drug-likeness (QED) is 0.453. The lowest BCUT2D eigenvalue weighted by Crippen LogP contribution is -2.55. The molecule has 1 N–H and O–H groups in total. The molecule has 3 aliphatic heterocycles. The molecule has 1 aromatic carbocycles. The average Bonchev–Trinajstić information content (AvgIpc) is 3.70. The molecule has 0 radical (unpaired) electrons. The molecule has 4 heterocycles. The number of thiophene rings is 1. The molecule has 10 nitrogen and oxygen atoms in total. The summed E-state index contributed by atoms with van der Waals surface area (Å²) in [4.78, 5) is 46.8. The molecule has 0 saturated carbocycles. The van der Waals surface area contributed by atoms with Crippen molar-refractivity contribution in [3.05, 3.63) is 29.3 Å². The summed E-state index contributed by atoms with van der Waals surface area (Å²) in [6.45, 7) is 7.30. The number of likely N-dealkylation sites (N-methyl/N-ethyl adjacent to an activating group) is 1. The monoisotopic (exact) mass is 637 g/mol. The summed E-state index contributed by atoms with van der Waals surface area (Å²) in [5.74, 6) is -0.341. The van der Waals surface area contributed by atoms with E-state index >= 15 is 0 Å². The number of halogens is 1. The fourth-order valence-corrected chi connectivity index (χ4v) is 9.16. The predicted octanol–water partition coefficient (Wildman–Crippen LogP) is 3.00. The second-order valence-electron chi connectivity index (χ2n) is 12.0. The molecule has 3 amide bonds. The molecular weight excluding hydrogens is 598 g/mol. The molecule has 0 aliphatic carbocycles. The molecule has 0 spiro atoms. The van der Waals surface area contributed by atoms with Crippen molar-refractivity contribution in [2.45, 2.75) is 68.3 Å². The molecule has 13 heteroatoms. The molecule has 42 heavy (non-hydrogen) atoms. The molecule has 230 valence electrons. The number of hydrogen-bond donors (Lipinski definition) is 1. The van der Waals surface area contributed by atoms with Crippen molar-refractivity contribution < 1.29 is 22.8 Å². The number of likely N-dealkylation sites (tertiary alicyclic amines) is 3. The molecule has 2 aromatic rings. The van der Waals surface area contributed by atoms with Crippen molar-refractivity contribution in [1.82, 2.24) is 24.3 Å². The smallest absolute Gasteiger partial charge is 0.250 e. The van der Waals surface area contributed by atoms with Crippen LogP contribution in [0.5, 0.6) is 0 Å². The summed E-state index contributed by atoms with van der Waals surface area (Å²) in [7, 11) is -2.05. The first kappa shape index (κ1) is 31.2. The molecular formula is C29H40ClN5O5S2. The van der Waals surface area contributed by atoms with Crippen LogP contribution in [-0.4, -0.2) is 110 Å². The van der Waals surface area contributed by atoms with E-state index in [2.05, 4.69) is 9.62 Å². The Labute approximate surface area is 257 Å². The first-order valence-corrected chi connectivity index (χ1v) is 17.4. The van der Waals surface area contributed by atoms with Crippen molar-refractivity contribution in [2.24, 2.45) is 5.92 Å². The summed E-state index contributed by atoms with van der Waals surface area (Å²) in [5.41, 5.74) is 0. The van der Waals surface area contributed by atoms with E-state index < -0.39 is 16.1 Å². The highest BCUT2D eigenvalue weighted by atomic mass is 35.5. The van der Waals surface area contributed by atoms with Gasteiger partial charge in [0.1, 0.15) is 10.3 Å². The minimum Gasteiger partial charge on any atom is -0.341 e. The largest absolute Gasteiger partial charge is 0.341 e. The number of rotatable bonds is 9. The van der Waals surface area contributed by atoms with Crippen LogP contribution in [0, 0.1) is 5.92 Å². The summed E-state index contributed by atoms with van der Waals surface area (Å²) >= 11 is 7.18. The molecule has 3 atom stereocenters. The van der Waals surface area contributed by atoms with Gasteiger partial charge in [0.05, 0.1) is 6.54 Å². The van der Waals surface area contributed by atoms with Crippen molar-refractivity contribution in [3.8, 4) is 0 Å². The SMILES string of the molecule is CC(C)C(=O)N(C)C1CCN(CC2CCCN2C(=O)CN2CCCC(NS(=O)(=O)c3cc4cc(Cl)ccc4s3)C2=O)C1. The highest BCUT2D eigenvalue weighted by Gasteiger charge is 2.38. The molecule has 3 saturated heterocycles. The average molecular weight is 638 g/mol. The van der Waals surface area contributed by atoms with Crippen LogP contribution in [0.1, 0.15) is 46.0 Å². The first-order chi connectivity index (χ1) is 19.9. The van der Waals surface area contributed by atoms with Gasteiger partial charge in [-0.15, -0.1) is 11.3 Å². The van der Waals surface area contributed by atoms with Crippen LogP contribution in [0.15, 0.2) is 28.5 Å². The van der Waals surface area contributed by atoms with Crippen molar-refractivity contribution in [2.75, 3.05) is 46.3 Å². The number of amides is 3. The zero-order valence-electron chi connectivity index (χ0n) is 24.4. The van der Waals surface area contributed by atoms with Gasteiger partial charge in [0.25, 0.3) is 10.0 Å². The normalized spacial score (nSPS) is 23.8. The summed E-state index contributed by atoms with van der Waals surface area (Å²) in [6.07, 6.45) is 3.73. The number of carbonyl (C=O) groups is 3. The number of sulfonamides is 1. The molecule has 1 aromatic heterocycles. The highest BCUT2D eigenvalue weighted by molar-refractivity contribution is 7.91. The topological polar surface area (TPSA) is 110 Å². The zero-order valence-corrected chi connectivity index (χ0v) is 26.8. The zero-order chi connectivity index (χ0) is 30.2. The lowest BCUT2D eigenvalue weighted by Gasteiger charge is -2.35. The first-order valence-electron chi connectivity index (χ1n) is 14.7. The maximum atomic E-state index is 13.4. The van der Waals surface area contributed by atoms with E-state index in [1.165, 1.54) is 4.90 Å². The molecule has 5 rings (SSSR count). The van der Waals surface area contributed by atoms with Crippen LogP contribution < -0.4 is 4.72 Å². The number of hydrogen-bond acceptors (Lipinski definition) is 7. The van der Waals surface area contributed by atoms with Crippen LogP contribution in [0.4, 0.5) is 0 Å². The van der Waals surface area contributed by atoms with Gasteiger partial charge < -0.3 is 14.7 Å². The van der Waals surface area contributed by atoms with Gasteiger partial charge in [0.15, 0.2) is 0 Å². The molecule has 3 unspecified atom stereocenters. The van der Waals surface area contributed by atoms with E-state index in [0.29, 0.717) is 31.0 Å². The Bertz CT molecular complexity index is 1450. The van der Waals surface area contributed by atoms with Crippen LogP contribution in [0.25, 0.3) is 10.1 Å². The summed E-state index contributed by atoms with van der Waals surface area (Å²) in [5, 5.41) is 1.26. The lowest BCUT2D eigenvalue weighted by atomic mass is 10.1. The minimum atomic E-state index is -3.93. The van der Waals surface area contributed by atoms with Crippen LogP contribution in [0.2, 0.25) is 5.02 Å². The number of piperidine rings is 1. The third-order valence-electron chi connectivity index (χ3n) is 8.68. The number of nitrogens with one attached hydrogen (secondary N) is 1. The van der Waals surface area contributed by atoms with Gasteiger partial charge in [-0.2, -0.15) is 4.72 Å². The van der Waals surface area contributed by atoms with E-state index in [1.807, 2.05) is 30.7 Å². The van der Waals surface area contributed by atoms with Gasteiger partial charge in [-0.3, -0.25) is 19.3 Å². The van der Waals surface area contributed by atoms with Crippen LogP contribution >= 0.6 is 22.9 Å². The van der Waals surface area contributed by atoms with E-state index in [-0.39, 0.29) is 46.5 Å². The fraction of sp³-hybridized carbons (Fsp3) is 0.621. The van der Waals surface area contributed by atoms with E-state index in [0.717, 1.165) is 60.3 Å².